The van der Waals surface area contributed by atoms with E-state index in [1.807, 2.05) is 48.5 Å². The SMILES string of the molecule is COc1ccc(CNc2cc(-c3ccc(C(F)(F)F)cc3)c3ccc(Br)cc3n2)cc1. The number of benzene rings is 3. The number of hydrogen-bond donors (Lipinski definition) is 1. The van der Waals surface area contributed by atoms with Gasteiger partial charge in [-0.05, 0) is 59.2 Å². The van der Waals surface area contributed by atoms with E-state index in [0.717, 1.165) is 44.4 Å². The van der Waals surface area contributed by atoms with Crippen LogP contribution < -0.4 is 10.1 Å². The molecule has 0 bridgehead atoms. The Labute approximate surface area is 186 Å². The van der Waals surface area contributed by atoms with Crippen molar-refractivity contribution in [2.75, 3.05) is 12.4 Å². The number of nitrogens with zero attached hydrogens (tertiary/aromatic N) is 1. The topological polar surface area (TPSA) is 34.1 Å². The summed E-state index contributed by atoms with van der Waals surface area (Å²) in [6.45, 7) is 0.545. The number of ether oxygens (including phenoxy) is 1. The largest absolute Gasteiger partial charge is 0.497 e. The van der Waals surface area contributed by atoms with Crippen LogP contribution in [0.1, 0.15) is 11.1 Å². The maximum atomic E-state index is 13.0. The molecule has 1 heterocycles. The number of aromatic nitrogens is 1. The summed E-state index contributed by atoms with van der Waals surface area (Å²) in [5.41, 5.74) is 2.62. The molecule has 0 radical (unpaired) electrons. The zero-order valence-electron chi connectivity index (χ0n) is 16.5. The van der Waals surface area contributed by atoms with Crippen molar-refractivity contribution in [3.05, 3.63) is 88.4 Å². The highest BCUT2D eigenvalue weighted by Gasteiger charge is 2.30. The van der Waals surface area contributed by atoms with Gasteiger partial charge in [-0.3, -0.25) is 0 Å². The predicted octanol–water partition coefficient (Wildman–Crippen LogP) is 7.30. The molecule has 0 saturated carbocycles. The maximum Gasteiger partial charge on any atom is 0.416 e. The third-order valence-electron chi connectivity index (χ3n) is 4.93. The Morgan fingerprint density at radius 3 is 2.29 bits per heavy atom. The number of anilines is 1. The average Bonchev–Trinajstić information content (AvgIpc) is 2.76. The minimum Gasteiger partial charge on any atom is -0.497 e. The number of pyridine rings is 1. The molecule has 0 spiro atoms. The quantitative estimate of drug-likeness (QED) is 0.321. The van der Waals surface area contributed by atoms with Crippen LogP contribution >= 0.6 is 15.9 Å². The van der Waals surface area contributed by atoms with E-state index in [0.29, 0.717) is 17.9 Å². The molecule has 3 nitrogen and oxygen atoms in total. The number of halogens is 4. The molecule has 4 rings (SSSR count). The Kier molecular flexibility index (Phi) is 5.87. The fourth-order valence-electron chi connectivity index (χ4n) is 3.31. The van der Waals surface area contributed by atoms with E-state index in [1.165, 1.54) is 12.1 Å². The van der Waals surface area contributed by atoms with E-state index in [2.05, 4.69) is 26.2 Å². The van der Waals surface area contributed by atoms with Crippen LogP contribution in [0.25, 0.3) is 22.0 Å². The number of nitrogens with one attached hydrogen (secondary N) is 1. The molecular weight excluding hydrogens is 469 g/mol. The highest BCUT2D eigenvalue weighted by molar-refractivity contribution is 9.10. The summed E-state index contributed by atoms with van der Waals surface area (Å²) < 4.78 is 44.9. The van der Waals surface area contributed by atoms with Gasteiger partial charge in [0.15, 0.2) is 0 Å². The second-order valence-electron chi connectivity index (χ2n) is 6.99. The molecule has 0 aliphatic heterocycles. The molecule has 0 unspecified atom stereocenters. The van der Waals surface area contributed by atoms with E-state index >= 15 is 0 Å². The first kappa shape index (κ1) is 21.2. The standard InChI is InChI=1S/C24H18BrF3N2O/c1-31-19-9-2-15(3-10-19)14-29-23-13-21(20-11-8-18(25)12-22(20)30-23)16-4-6-17(7-5-16)24(26,27)28/h2-13H,14H2,1H3,(H,29,30). The zero-order valence-corrected chi connectivity index (χ0v) is 18.1. The molecule has 7 heteroatoms. The Hall–Kier alpha value is -3.06. The van der Waals surface area contributed by atoms with E-state index < -0.39 is 11.7 Å². The van der Waals surface area contributed by atoms with E-state index in [4.69, 9.17) is 4.74 Å². The second-order valence-corrected chi connectivity index (χ2v) is 7.91. The van der Waals surface area contributed by atoms with Crippen LogP contribution in [0.3, 0.4) is 0 Å². The fraction of sp³-hybridized carbons (Fsp3) is 0.125. The highest BCUT2D eigenvalue weighted by Crippen LogP contribution is 2.35. The third-order valence-corrected chi connectivity index (χ3v) is 5.42. The molecule has 0 amide bonds. The molecule has 0 atom stereocenters. The first-order valence-electron chi connectivity index (χ1n) is 9.48. The Balaban J connectivity index is 1.70. The summed E-state index contributed by atoms with van der Waals surface area (Å²) in [4.78, 5) is 4.68. The van der Waals surface area contributed by atoms with Gasteiger partial charge in [-0.1, -0.05) is 46.3 Å². The van der Waals surface area contributed by atoms with Crippen LogP contribution in [0.5, 0.6) is 5.75 Å². The van der Waals surface area contributed by atoms with Gasteiger partial charge in [0.25, 0.3) is 0 Å². The minimum absolute atomic E-state index is 0.545. The molecule has 0 aliphatic carbocycles. The second kappa shape index (κ2) is 8.59. The van der Waals surface area contributed by atoms with Gasteiger partial charge in [0, 0.05) is 16.4 Å². The van der Waals surface area contributed by atoms with Crippen LogP contribution in [0.15, 0.2) is 77.3 Å². The summed E-state index contributed by atoms with van der Waals surface area (Å²) in [5, 5.41) is 4.17. The third kappa shape index (κ3) is 4.82. The summed E-state index contributed by atoms with van der Waals surface area (Å²) in [5.74, 6) is 1.42. The molecule has 1 N–H and O–H groups in total. The van der Waals surface area contributed by atoms with Crippen molar-refractivity contribution in [3.63, 3.8) is 0 Å². The van der Waals surface area contributed by atoms with Gasteiger partial charge in [0.1, 0.15) is 11.6 Å². The lowest BCUT2D eigenvalue weighted by atomic mass is 9.99. The van der Waals surface area contributed by atoms with Gasteiger partial charge < -0.3 is 10.1 Å². The molecule has 1 aromatic heterocycles. The van der Waals surface area contributed by atoms with Gasteiger partial charge in [-0.2, -0.15) is 13.2 Å². The van der Waals surface area contributed by atoms with Crippen molar-refractivity contribution in [3.8, 4) is 16.9 Å². The molecular formula is C24H18BrF3N2O. The molecule has 4 aromatic rings. The lowest BCUT2D eigenvalue weighted by Gasteiger charge is -2.13. The van der Waals surface area contributed by atoms with Crippen molar-refractivity contribution < 1.29 is 17.9 Å². The van der Waals surface area contributed by atoms with E-state index in [1.54, 1.807) is 7.11 Å². The zero-order chi connectivity index (χ0) is 22.0. The van der Waals surface area contributed by atoms with E-state index in [9.17, 15) is 13.2 Å². The van der Waals surface area contributed by atoms with E-state index in [-0.39, 0.29) is 0 Å². The van der Waals surface area contributed by atoms with Crippen LogP contribution in [-0.4, -0.2) is 12.1 Å². The summed E-state index contributed by atoms with van der Waals surface area (Å²) >= 11 is 3.46. The van der Waals surface area contributed by atoms with Gasteiger partial charge in [-0.15, -0.1) is 0 Å². The van der Waals surface area contributed by atoms with Crippen molar-refractivity contribution in [1.82, 2.24) is 4.98 Å². The fourth-order valence-corrected chi connectivity index (χ4v) is 3.65. The van der Waals surface area contributed by atoms with Crippen LogP contribution in [0.4, 0.5) is 19.0 Å². The van der Waals surface area contributed by atoms with Crippen molar-refractivity contribution >= 4 is 32.7 Å². The van der Waals surface area contributed by atoms with Crippen LogP contribution in [-0.2, 0) is 12.7 Å². The van der Waals surface area contributed by atoms with Crippen molar-refractivity contribution in [2.24, 2.45) is 0 Å². The number of hydrogen-bond acceptors (Lipinski definition) is 3. The van der Waals surface area contributed by atoms with Crippen molar-refractivity contribution in [1.29, 1.82) is 0 Å². The van der Waals surface area contributed by atoms with Gasteiger partial charge in [0.05, 0.1) is 18.2 Å². The normalized spacial score (nSPS) is 11.5. The smallest absolute Gasteiger partial charge is 0.416 e. The lowest BCUT2D eigenvalue weighted by molar-refractivity contribution is -0.137. The first-order valence-corrected chi connectivity index (χ1v) is 10.3. The van der Waals surface area contributed by atoms with Gasteiger partial charge >= 0.3 is 6.18 Å². The van der Waals surface area contributed by atoms with Crippen LogP contribution in [0, 0.1) is 0 Å². The first-order chi connectivity index (χ1) is 14.8. The monoisotopic (exact) mass is 486 g/mol. The van der Waals surface area contributed by atoms with Gasteiger partial charge in [-0.25, -0.2) is 4.98 Å². The molecule has 0 saturated heterocycles. The van der Waals surface area contributed by atoms with Gasteiger partial charge in [0.2, 0.25) is 0 Å². The average molecular weight is 487 g/mol. The molecule has 158 valence electrons. The Morgan fingerprint density at radius 1 is 0.935 bits per heavy atom. The number of alkyl halides is 3. The van der Waals surface area contributed by atoms with Crippen LogP contribution in [0.2, 0.25) is 0 Å². The summed E-state index contributed by atoms with van der Waals surface area (Å²) in [6, 6.07) is 20.4. The number of rotatable bonds is 5. The lowest BCUT2D eigenvalue weighted by Crippen LogP contribution is -2.04. The molecule has 0 fully saturated rings. The summed E-state index contributed by atoms with van der Waals surface area (Å²) in [7, 11) is 1.62. The number of methoxy groups -OCH3 is 1. The Bertz CT molecular complexity index is 1210. The molecule has 31 heavy (non-hydrogen) atoms. The molecule has 3 aromatic carbocycles. The molecule has 0 aliphatic rings. The summed E-state index contributed by atoms with van der Waals surface area (Å²) in [6.07, 6.45) is -4.37. The minimum atomic E-state index is -4.37. The Morgan fingerprint density at radius 2 is 1.65 bits per heavy atom. The maximum absolute atomic E-state index is 13.0. The predicted molar refractivity (Wildman–Crippen MR) is 120 cm³/mol. The highest BCUT2D eigenvalue weighted by atomic mass is 79.9. The van der Waals surface area contributed by atoms with Crippen molar-refractivity contribution in [2.45, 2.75) is 12.7 Å². The number of fused-ring (bicyclic) bond motifs is 1.